The van der Waals surface area contributed by atoms with Crippen molar-refractivity contribution < 1.29 is 19.1 Å². The fraction of sp³-hybridized carbons (Fsp3) is 0.778. The molecule has 284 valence electrons. The molecular formula is C45H80O4. The average molecular weight is 685 g/mol. The van der Waals surface area contributed by atoms with Crippen LogP contribution >= 0.6 is 0 Å². The summed E-state index contributed by atoms with van der Waals surface area (Å²) in [6, 6.07) is 0. The molecule has 4 heteroatoms. The summed E-state index contributed by atoms with van der Waals surface area (Å²) in [6.07, 6.45) is 47.3. The van der Waals surface area contributed by atoms with Crippen molar-refractivity contribution >= 4 is 11.9 Å². The number of carbonyl (C=O) groups is 2. The molecule has 0 radical (unpaired) electrons. The van der Waals surface area contributed by atoms with E-state index in [4.69, 9.17) is 9.47 Å². The SMILES string of the molecule is CCCCC/C=C\C/C=C\CCCCCCCCC(CCCCCCCC/C=C\C/C=C\CCCCC)(C(=O)OCC)C(=O)OC(C)(C)C. The molecule has 0 atom stereocenters. The highest BCUT2D eigenvalue weighted by atomic mass is 16.6. The van der Waals surface area contributed by atoms with Crippen LogP contribution in [0.5, 0.6) is 0 Å². The van der Waals surface area contributed by atoms with Crippen LogP contribution in [0, 0.1) is 5.41 Å². The Kier molecular flexibility index (Phi) is 31.6. The van der Waals surface area contributed by atoms with Crippen molar-refractivity contribution in [1.82, 2.24) is 0 Å². The van der Waals surface area contributed by atoms with Crippen molar-refractivity contribution in [2.45, 2.75) is 214 Å². The van der Waals surface area contributed by atoms with Gasteiger partial charge < -0.3 is 9.47 Å². The summed E-state index contributed by atoms with van der Waals surface area (Å²) in [4.78, 5) is 27.1. The van der Waals surface area contributed by atoms with Crippen LogP contribution in [0.1, 0.15) is 208 Å². The summed E-state index contributed by atoms with van der Waals surface area (Å²) < 4.78 is 11.4. The van der Waals surface area contributed by atoms with Crippen LogP contribution in [0.15, 0.2) is 48.6 Å². The van der Waals surface area contributed by atoms with Crippen LogP contribution in [0.2, 0.25) is 0 Å². The Morgan fingerprint density at radius 3 is 1.14 bits per heavy atom. The van der Waals surface area contributed by atoms with E-state index >= 15 is 0 Å². The summed E-state index contributed by atoms with van der Waals surface area (Å²) in [7, 11) is 0. The van der Waals surface area contributed by atoms with E-state index in [0.717, 1.165) is 64.2 Å². The second kappa shape index (κ2) is 33.1. The molecule has 0 rings (SSSR count). The number of ether oxygens (including phenoxy) is 2. The third-order valence-electron chi connectivity index (χ3n) is 9.06. The van der Waals surface area contributed by atoms with Crippen LogP contribution in [0.25, 0.3) is 0 Å². The lowest BCUT2D eigenvalue weighted by molar-refractivity contribution is -0.181. The predicted molar refractivity (Wildman–Crippen MR) is 213 cm³/mol. The summed E-state index contributed by atoms with van der Waals surface area (Å²) in [5, 5.41) is 0. The van der Waals surface area contributed by atoms with Gasteiger partial charge in [0.25, 0.3) is 0 Å². The van der Waals surface area contributed by atoms with Crippen LogP contribution in [-0.4, -0.2) is 24.1 Å². The van der Waals surface area contributed by atoms with E-state index < -0.39 is 23.0 Å². The molecule has 0 aromatic carbocycles. The average Bonchev–Trinajstić information content (AvgIpc) is 3.06. The Bertz CT molecular complexity index is 840. The van der Waals surface area contributed by atoms with E-state index in [1.165, 1.54) is 89.9 Å². The van der Waals surface area contributed by atoms with E-state index in [1.807, 2.05) is 27.7 Å². The van der Waals surface area contributed by atoms with Gasteiger partial charge in [-0.05, 0) is 105 Å². The van der Waals surface area contributed by atoms with Gasteiger partial charge in [0.05, 0.1) is 6.61 Å². The molecule has 4 nitrogen and oxygen atoms in total. The summed E-state index contributed by atoms with van der Waals surface area (Å²) in [6.45, 7) is 12.2. The van der Waals surface area contributed by atoms with Crippen molar-refractivity contribution in [2.24, 2.45) is 5.41 Å². The van der Waals surface area contributed by atoms with Crippen molar-refractivity contribution in [2.75, 3.05) is 6.61 Å². The van der Waals surface area contributed by atoms with Gasteiger partial charge in [-0.1, -0.05) is 152 Å². The number of hydrogen-bond donors (Lipinski definition) is 0. The lowest BCUT2D eigenvalue weighted by Crippen LogP contribution is -2.45. The number of esters is 2. The topological polar surface area (TPSA) is 52.6 Å². The van der Waals surface area contributed by atoms with Crippen LogP contribution in [-0.2, 0) is 19.1 Å². The molecule has 0 aliphatic heterocycles. The maximum atomic E-state index is 13.6. The first kappa shape index (κ1) is 46.9. The molecule has 0 fully saturated rings. The number of hydrogen-bond acceptors (Lipinski definition) is 4. The quantitative estimate of drug-likeness (QED) is 0.0299. The van der Waals surface area contributed by atoms with Gasteiger partial charge in [0.15, 0.2) is 5.41 Å². The Labute approximate surface area is 305 Å². The van der Waals surface area contributed by atoms with E-state index in [1.54, 1.807) is 0 Å². The molecule has 0 aromatic rings. The second-order valence-corrected chi connectivity index (χ2v) is 15.0. The number of allylic oxidation sites excluding steroid dienone is 8. The standard InChI is InChI=1S/C45H80O4/c1-7-10-12-14-16-18-20-22-24-26-28-30-32-34-36-38-40-45(42(46)48-9-3,43(47)49-44(4,5)6)41-39-37-35-33-31-29-27-25-23-21-19-17-15-13-11-8-2/h16-19,22-25H,7-15,20-21,26-41H2,1-6H3/b18-16-,19-17-,24-22-,25-23-. The lowest BCUT2D eigenvalue weighted by atomic mass is 9.77. The first-order valence-electron chi connectivity index (χ1n) is 20.7. The Morgan fingerprint density at radius 1 is 0.449 bits per heavy atom. The van der Waals surface area contributed by atoms with E-state index in [2.05, 4.69) is 62.5 Å². The van der Waals surface area contributed by atoms with Crippen LogP contribution in [0.4, 0.5) is 0 Å². The Balaban J connectivity index is 4.60. The van der Waals surface area contributed by atoms with Gasteiger partial charge in [-0.25, -0.2) is 0 Å². The minimum Gasteiger partial charge on any atom is -0.465 e. The number of carbonyl (C=O) groups excluding carboxylic acids is 2. The molecule has 0 unspecified atom stereocenters. The molecule has 0 aliphatic carbocycles. The van der Waals surface area contributed by atoms with E-state index in [-0.39, 0.29) is 6.61 Å². The third-order valence-corrected chi connectivity index (χ3v) is 9.06. The van der Waals surface area contributed by atoms with Crippen LogP contribution < -0.4 is 0 Å². The van der Waals surface area contributed by atoms with Crippen molar-refractivity contribution in [3.05, 3.63) is 48.6 Å². The zero-order valence-electron chi connectivity index (χ0n) is 33.3. The molecule has 0 bridgehead atoms. The molecule has 0 aliphatic rings. The monoisotopic (exact) mass is 685 g/mol. The molecule has 0 heterocycles. The van der Waals surface area contributed by atoms with Crippen molar-refractivity contribution in [1.29, 1.82) is 0 Å². The first-order valence-corrected chi connectivity index (χ1v) is 20.7. The highest BCUT2D eigenvalue weighted by Gasteiger charge is 2.48. The highest BCUT2D eigenvalue weighted by molar-refractivity contribution is 6.00. The van der Waals surface area contributed by atoms with Crippen LogP contribution in [0.3, 0.4) is 0 Å². The first-order chi connectivity index (χ1) is 23.7. The number of unbranched alkanes of at least 4 members (excludes halogenated alkanes) is 18. The Hall–Kier alpha value is -2.10. The molecule has 0 saturated heterocycles. The van der Waals surface area contributed by atoms with Gasteiger partial charge in [0.2, 0.25) is 0 Å². The molecule has 49 heavy (non-hydrogen) atoms. The van der Waals surface area contributed by atoms with Gasteiger partial charge in [0.1, 0.15) is 5.60 Å². The summed E-state index contributed by atoms with van der Waals surface area (Å²) >= 11 is 0. The highest BCUT2D eigenvalue weighted by Crippen LogP contribution is 2.37. The predicted octanol–water partition coefficient (Wildman–Crippen LogP) is 14.3. The normalized spacial score (nSPS) is 12.7. The summed E-state index contributed by atoms with van der Waals surface area (Å²) in [5.41, 5.74) is -1.85. The maximum absolute atomic E-state index is 13.6. The van der Waals surface area contributed by atoms with Crippen molar-refractivity contribution in [3.63, 3.8) is 0 Å². The fourth-order valence-electron chi connectivity index (χ4n) is 6.09. The molecule has 0 amide bonds. The maximum Gasteiger partial charge on any atom is 0.324 e. The molecule has 0 saturated carbocycles. The lowest BCUT2D eigenvalue weighted by Gasteiger charge is -2.33. The van der Waals surface area contributed by atoms with Gasteiger partial charge in [-0.15, -0.1) is 0 Å². The van der Waals surface area contributed by atoms with Gasteiger partial charge in [0, 0.05) is 0 Å². The molecule has 0 spiro atoms. The van der Waals surface area contributed by atoms with Gasteiger partial charge in [-0.2, -0.15) is 0 Å². The Morgan fingerprint density at radius 2 is 0.796 bits per heavy atom. The minimum absolute atomic E-state index is 0.275. The third kappa shape index (κ3) is 28.3. The van der Waals surface area contributed by atoms with Gasteiger partial charge in [-0.3, -0.25) is 9.59 Å². The van der Waals surface area contributed by atoms with E-state index in [9.17, 15) is 9.59 Å². The largest absolute Gasteiger partial charge is 0.465 e. The van der Waals surface area contributed by atoms with E-state index in [0.29, 0.717) is 12.8 Å². The smallest absolute Gasteiger partial charge is 0.324 e. The fourth-order valence-corrected chi connectivity index (χ4v) is 6.09. The zero-order chi connectivity index (χ0) is 36.3. The summed E-state index contributed by atoms with van der Waals surface area (Å²) in [5.74, 6) is -0.793. The van der Waals surface area contributed by atoms with Gasteiger partial charge >= 0.3 is 11.9 Å². The molecular weight excluding hydrogens is 604 g/mol. The minimum atomic E-state index is -1.20. The zero-order valence-corrected chi connectivity index (χ0v) is 33.3. The second-order valence-electron chi connectivity index (χ2n) is 15.0. The van der Waals surface area contributed by atoms with Crippen molar-refractivity contribution in [3.8, 4) is 0 Å². The number of rotatable bonds is 33. The molecule has 0 N–H and O–H groups in total. The molecule has 0 aromatic heterocycles.